The van der Waals surface area contributed by atoms with Crippen LogP contribution in [-0.4, -0.2) is 85.1 Å². The van der Waals surface area contributed by atoms with Gasteiger partial charge in [0.25, 0.3) is 5.91 Å². The van der Waals surface area contributed by atoms with E-state index < -0.39 is 12.0 Å². The topological polar surface area (TPSA) is 91.4 Å². The standard InChI is InChI=1S/C27H34N4O5S/c1-5-30-21(17-29-13-14-31(18(3)16-29)25(32)22-8-7-15-37-22)23(26(33)36-6-2)24(28-27(30)34)19-9-11-20(35-4)12-10-19/h7-12,15,18,24H,5-6,13-14,16-17H2,1-4H3,(H,28,34)/t18-,24-/m1/s1. The summed E-state index contributed by atoms with van der Waals surface area (Å²) in [7, 11) is 1.59. The third-order valence-corrected chi connectivity index (χ3v) is 7.63. The molecule has 0 bridgehead atoms. The van der Waals surface area contributed by atoms with Crippen molar-refractivity contribution in [2.75, 3.05) is 46.4 Å². The molecule has 3 amide bonds. The second kappa shape index (κ2) is 11.8. The minimum Gasteiger partial charge on any atom is -0.497 e. The summed E-state index contributed by atoms with van der Waals surface area (Å²) in [6.07, 6.45) is 0. The lowest BCUT2D eigenvalue weighted by Crippen LogP contribution is -2.56. The molecule has 0 saturated carbocycles. The van der Waals surface area contributed by atoms with E-state index in [-0.39, 0.29) is 24.6 Å². The first kappa shape index (κ1) is 26.7. The SMILES string of the molecule is CCOC(=O)C1=C(CN2CCN(C(=O)c3cccs3)[C@H](C)C2)N(CC)C(=O)N[C@@H]1c1ccc(OC)cc1. The first-order valence-electron chi connectivity index (χ1n) is 12.6. The second-order valence-electron chi connectivity index (χ2n) is 9.04. The van der Waals surface area contributed by atoms with Gasteiger partial charge in [-0.25, -0.2) is 9.59 Å². The number of thiophene rings is 1. The van der Waals surface area contributed by atoms with Gasteiger partial charge in [-0.3, -0.25) is 14.6 Å². The maximum absolute atomic E-state index is 13.3. The Morgan fingerprint density at radius 1 is 1.14 bits per heavy atom. The van der Waals surface area contributed by atoms with E-state index in [2.05, 4.69) is 10.2 Å². The van der Waals surface area contributed by atoms with Gasteiger partial charge in [-0.2, -0.15) is 0 Å². The highest BCUT2D eigenvalue weighted by molar-refractivity contribution is 7.12. The smallest absolute Gasteiger partial charge is 0.338 e. The number of hydrogen-bond acceptors (Lipinski definition) is 7. The molecule has 198 valence electrons. The fraction of sp³-hybridized carbons (Fsp3) is 0.444. The van der Waals surface area contributed by atoms with Gasteiger partial charge in [0, 0.05) is 44.5 Å². The lowest BCUT2D eigenvalue weighted by atomic mass is 9.94. The number of piperazine rings is 1. The van der Waals surface area contributed by atoms with E-state index >= 15 is 0 Å². The number of hydrogen-bond donors (Lipinski definition) is 1. The van der Waals surface area contributed by atoms with Gasteiger partial charge in [0.15, 0.2) is 0 Å². The van der Waals surface area contributed by atoms with Crippen molar-refractivity contribution in [3.8, 4) is 5.75 Å². The van der Waals surface area contributed by atoms with Crippen LogP contribution >= 0.6 is 11.3 Å². The van der Waals surface area contributed by atoms with Crippen LogP contribution in [0.25, 0.3) is 0 Å². The van der Waals surface area contributed by atoms with E-state index in [0.717, 1.165) is 10.4 Å². The Morgan fingerprint density at radius 2 is 1.89 bits per heavy atom. The van der Waals surface area contributed by atoms with E-state index in [1.165, 1.54) is 11.3 Å². The highest BCUT2D eigenvalue weighted by Gasteiger charge is 2.39. The van der Waals surface area contributed by atoms with Gasteiger partial charge < -0.3 is 19.7 Å². The molecule has 3 heterocycles. The molecule has 1 aromatic heterocycles. The Bertz CT molecular complexity index is 1150. The Morgan fingerprint density at radius 3 is 2.49 bits per heavy atom. The Hall–Kier alpha value is -3.37. The first-order chi connectivity index (χ1) is 17.9. The van der Waals surface area contributed by atoms with Crippen molar-refractivity contribution < 1.29 is 23.9 Å². The molecule has 0 aliphatic carbocycles. The van der Waals surface area contributed by atoms with Crippen molar-refractivity contribution in [3.63, 3.8) is 0 Å². The van der Waals surface area contributed by atoms with Crippen molar-refractivity contribution in [1.82, 2.24) is 20.0 Å². The van der Waals surface area contributed by atoms with E-state index in [0.29, 0.717) is 49.7 Å². The molecule has 1 saturated heterocycles. The molecular weight excluding hydrogens is 492 g/mol. The average Bonchev–Trinajstić information content (AvgIpc) is 3.44. The number of urea groups is 1. The van der Waals surface area contributed by atoms with Crippen molar-refractivity contribution in [3.05, 3.63) is 63.5 Å². The Balaban J connectivity index is 1.64. The quantitative estimate of drug-likeness (QED) is 0.530. The van der Waals surface area contributed by atoms with Gasteiger partial charge in [-0.1, -0.05) is 18.2 Å². The van der Waals surface area contributed by atoms with Crippen molar-refractivity contribution >= 4 is 29.2 Å². The van der Waals surface area contributed by atoms with Crippen LogP contribution in [-0.2, 0) is 9.53 Å². The van der Waals surface area contributed by atoms with Crippen LogP contribution in [0.2, 0.25) is 0 Å². The lowest BCUT2D eigenvalue weighted by molar-refractivity contribution is -0.139. The molecule has 2 aromatic rings. The molecule has 1 aromatic carbocycles. The number of benzene rings is 1. The van der Waals surface area contributed by atoms with E-state index in [1.54, 1.807) is 18.9 Å². The highest BCUT2D eigenvalue weighted by atomic mass is 32.1. The molecule has 2 aliphatic heterocycles. The largest absolute Gasteiger partial charge is 0.497 e. The van der Waals surface area contributed by atoms with Crippen LogP contribution in [0.15, 0.2) is 53.0 Å². The number of nitrogens with zero attached hydrogens (tertiary/aromatic N) is 3. The van der Waals surface area contributed by atoms with Crippen LogP contribution in [0.5, 0.6) is 5.75 Å². The Kier molecular flexibility index (Phi) is 8.50. The van der Waals surface area contributed by atoms with Gasteiger partial charge in [0.05, 0.1) is 30.2 Å². The average molecular weight is 527 g/mol. The summed E-state index contributed by atoms with van der Waals surface area (Å²) in [6.45, 7) is 8.55. The molecule has 1 N–H and O–H groups in total. The van der Waals surface area contributed by atoms with Crippen molar-refractivity contribution in [1.29, 1.82) is 0 Å². The number of likely N-dealkylation sites (N-methyl/N-ethyl adjacent to an activating group) is 1. The summed E-state index contributed by atoms with van der Waals surface area (Å²) in [5.74, 6) is 0.281. The fourth-order valence-corrected chi connectivity index (χ4v) is 5.61. The van der Waals surface area contributed by atoms with Crippen LogP contribution in [0, 0.1) is 0 Å². The third-order valence-electron chi connectivity index (χ3n) is 6.78. The molecular formula is C27H34N4O5S. The van der Waals surface area contributed by atoms with Crippen LogP contribution in [0.3, 0.4) is 0 Å². The van der Waals surface area contributed by atoms with Crippen LogP contribution < -0.4 is 10.1 Å². The number of nitrogens with one attached hydrogen (secondary N) is 1. The highest BCUT2D eigenvalue weighted by Crippen LogP contribution is 2.33. The number of ether oxygens (including phenoxy) is 2. The zero-order chi connectivity index (χ0) is 26.5. The minimum absolute atomic E-state index is 0.0140. The molecule has 2 atom stereocenters. The summed E-state index contributed by atoms with van der Waals surface area (Å²) < 4.78 is 10.7. The van der Waals surface area contributed by atoms with Crippen LogP contribution in [0.4, 0.5) is 4.79 Å². The maximum Gasteiger partial charge on any atom is 0.338 e. The maximum atomic E-state index is 13.3. The van der Waals surface area contributed by atoms with Crippen LogP contribution in [0.1, 0.15) is 42.0 Å². The molecule has 9 nitrogen and oxygen atoms in total. The van der Waals surface area contributed by atoms with Gasteiger partial charge in [-0.05, 0) is 49.9 Å². The van der Waals surface area contributed by atoms with Gasteiger partial charge in [0.1, 0.15) is 5.75 Å². The molecule has 10 heteroatoms. The number of esters is 1. The summed E-state index contributed by atoms with van der Waals surface area (Å²) >= 11 is 1.45. The van der Waals surface area contributed by atoms with E-state index in [4.69, 9.17) is 9.47 Å². The number of amides is 3. The van der Waals surface area contributed by atoms with Gasteiger partial charge in [-0.15, -0.1) is 11.3 Å². The molecule has 37 heavy (non-hydrogen) atoms. The summed E-state index contributed by atoms with van der Waals surface area (Å²) in [5.41, 5.74) is 1.83. The summed E-state index contributed by atoms with van der Waals surface area (Å²) in [5, 5.41) is 4.90. The zero-order valence-electron chi connectivity index (χ0n) is 21.7. The monoisotopic (exact) mass is 526 g/mol. The zero-order valence-corrected chi connectivity index (χ0v) is 22.5. The fourth-order valence-electron chi connectivity index (χ4n) is 4.94. The predicted octanol–water partition coefficient (Wildman–Crippen LogP) is 3.51. The number of carbonyl (C=O) groups excluding carboxylic acids is 3. The Labute approximate surface area is 221 Å². The van der Waals surface area contributed by atoms with E-state index in [1.807, 2.05) is 60.5 Å². The number of methoxy groups -OCH3 is 1. The van der Waals surface area contributed by atoms with E-state index in [9.17, 15) is 14.4 Å². The lowest BCUT2D eigenvalue weighted by Gasteiger charge is -2.42. The second-order valence-corrected chi connectivity index (χ2v) is 9.99. The summed E-state index contributed by atoms with van der Waals surface area (Å²) in [4.78, 5) is 45.9. The van der Waals surface area contributed by atoms with Crippen molar-refractivity contribution in [2.45, 2.75) is 32.9 Å². The molecule has 0 radical (unpaired) electrons. The molecule has 0 unspecified atom stereocenters. The minimum atomic E-state index is -0.644. The van der Waals surface area contributed by atoms with Gasteiger partial charge >= 0.3 is 12.0 Å². The predicted molar refractivity (Wildman–Crippen MR) is 142 cm³/mol. The number of carbonyl (C=O) groups is 3. The molecule has 4 rings (SSSR count). The first-order valence-corrected chi connectivity index (χ1v) is 13.4. The third kappa shape index (κ3) is 5.65. The summed E-state index contributed by atoms with van der Waals surface area (Å²) in [6, 6.07) is 10.1. The van der Waals surface area contributed by atoms with Crippen molar-refractivity contribution in [2.24, 2.45) is 0 Å². The molecule has 0 spiro atoms. The normalized spacial score (nSPS) is 20.6. The molecule has 2 aliphatic rings. The number of rotatable bonds is 8. The van der Waals surface area contributed by atoms with Gasteiger partial charge in [0.2, 0.25) is 0 Å². The molecule has 1 fully saturated rings.